The summed E-state index contributed by atoms with van der Waals surface area (Å²) in [6.07, 6.45) is 3.35. The largest absolute Gasteiger partial charge is 0.460 e. The Balaban J connectivity index is 3.52. The number of hydrogen-bond donors (Lipinski definition) is 0. The van der Waals surface area contributed by atoms with E-state index in [4.69, 9.17) is 14.2 Å². The zero-order valence-corrected chi connectivity index (χ0v) is 12.2. The number of hydrogen-bond acceptors (Lipinski definition) is 4. The van der Waals surface area contributed by atoms with Crippen molar-refractivity contribution in [3.8, 4) is 0 Å². The number of carbonyl (C=O) groups excluding carboxylic acids is 1. The Morgan fingerprint density at radius 1 is 1.06 bits per heavy atom. The minimum Gasteiger partial charge on any atom is -0.460 e. The summed E-state index contributed by atoms with van der Waals surface area (Å²) >= 11 is 0. The van der Waals surface area contributed by atoms with Gasteiger partial charge in [0.15, 0.2) is 0 Å². The molecule has 4 nitrogen and oxygen atoms in total. The van der Waals surface area contributed by atoms with Crippen LogP contribution in [-0.2, 0) is 19.0 Å². The zero-order chi connectivity index (χ0) is 13.8. The summed E-state index contributed by atoms with van der Waals surface area (Å²) in [5.74, 6) is -0.152. The fourth-order valence-corrected chi connectivity index (χ4v) is 1.37. The first-order chi connectivity index (χ1) is 8.60. The van der Waals surface area contributed by atoms with Gasteiger partial charge in [0.2, 0.25) is 0 Å². The van der Waals surface area contributed by atoms with Crippen LogP contribution in [0.2, 0.25) is 0 Å². The molecule has 2 unspecified atom stereocenters. The molecule has 0 aromatic carbocycles. The minimum atomic E-state index is -0.192. The zero-order valence-electron chi connectivity index (χ0n) is 12.2. The Labute approximate surface area is 111 Å². The van der Waals surface area contributed by atoms with Crippen LogP contribution in [0, 0.1) is 0 Å². The summed E-state index contributed by atoms with van der Waals surface area (Å²) in [6.45, 7) is 9.70. The maximum absolute atomic E-state index is 11.2. The molecular formula is C14H28O4. The molecule has 0 aromatic rings. The molecule has 18 heavy (non-hydrogen) atoms. The van der Waals surface area contributed by atoms with Gasteiger partial charge in [0, 0.05) is 13.0 Å². The van der Waals surface area contributed by atoms with Crippen LogP contribution >= 0.6 is 0 Å². The number of esters is 1. The van der Waals surface area contributed by atoms with E-state index in [1.54, 1.807) is 0 Å². The fourth-order valence-electron chi connectivity index (χ4n) is 1.37. The highest BCUT2D eigenvalue weighted by molar-refractivity contribution is 5.69. The van der Waals surface area contributed by atoms with Crippen molar-refractivity contribution in [1.29, 1.82) is 0 Å². The molecule has 0 N–H and O–H groups in total. The van der Waals surface area contributed by atoms with Crippen molar-refractivity contribution in [3.05, 3.63) is 0 Å². The molecule has 0 aromatic heterocycles. The van der Waals surface area contributed by atoms with E-state index >= 15 is 0 Å². The van der Waals surface area contributed by atoms with Crippen LogP contribution in [0.25, 0.3) is 0 Å². The van der Waals surface area contributed by atoms with Crippen LogP contribution in [0.3, 0.4) is 0 Å². The van der Waals surface area contributed by atoms with Crippen LogP contribution in [-0.4, -0.2) is 38.0 Å². The highest BCUT2D eigenvalue weighted by Gasteiger charge is 2.11. The van der Waals surface area contributed by atoms with Crippen molar-refractivity contribution in [3.63, 3.8) is 0 Å². The summed E-state index contributed by atoms with van der Waals surface area (Å²) in [4.78, 5) is 11.2. The van der Waals surface area contributed by atoms with Gasteiger partial charge in [-0.15, -0.1) is 0 Å². The van der Waals surface area contributed by atoms with Crippen LogP contribution in [0.15, 0.2) is 0 Å². The normalized spacial score (nSPS) is 14.2. The average molecular weight is 260 g/mol. The van der Waals surface area contributed by atoms with E-state index in [2.05, 4.69) is 6.92 Å². The Bertz CT molecular complexity index is 206. The van der Waals surface area contributed by atoms with Crippen molar-refractivity contribution in [2.45, 2.75) is 65.6 Å². The molecule has 0 aliphatic carbocycles. The van der Waals surface area contributed by atoms with Crippen molar-refractivity contribution in [1.82, 2.24) is 0 Å². The molecule has 2 atom stereocenters. The average Bonchev–Trinajstić information content (AvgIpc) is 2.32. The highest BCUT2D eigenvalue weighted by Crippen LogP contribution is 2.01. The second-order valence-corrected chi connectivity index (χ2v) is 4.62. The molecule has 0 aliphatic heterocycles. The standard InChI is InChI=1S/C14H28O4/c1-5-7-9-16-10-12(3)17-11-13(4)18-14(15)8-6-2/h12-13H,5-11H2,1-4H3. The van der Waals surface area contributed by atoms with Gasteiger partial charge in [0.05, 0.1) is 19.3 Å². The van der Waals surface area contributed by atoms with Gasteiger partial charge in [-0.3, -0.25) is 4.79 Å². The Kier molecular flexibility index (Phi) is 11.1. The first-order valence-electron chi connectivity index (χ1n) is 6.98. The SMILES string of the molecule is CCCCOCC(C)OCC(C)OC(=O)CCC. The lowest BCUT2D eigenvalue weighted by atomic mass is 10.3. The van der Waals surface area contributed by atoms with Crippen LogP contribution < -0.4 is 0 Å². The van der Waals surface area contributed by atoms with Gasteiger partial charge >= 0.3 is 5.97 Å². The van der Waals surface area contributed by atoms with E-state index in [1.807, 2.05) is 20.8 Å². The highest BCUT2D eigenvalue weighted by atomic mass is 16.6. The predicted octanol–water partition coefficient (Wildman–Crippen LogP) is 2.94. The van der Waals surface area contributed by atoms with Gasteiger partial charge in [0.1, 0.15) is 6.10 Å². The Morgan fingerprint density at radius 2 is 1.78 bits per heavy atom. The molecule has 0 aliphatic rings. The number of unbranched alkanes of at least 4 members (excludes halogenated alkanes) is 1. The third-order valence-electron chi connectivity index (χ3n) is 2.40. The monoisotopic (exact) mass is 260 g/mol. The molecule has 0 bridgehead atoms. The fraction of sp³-hybridized carbons (Fsp3) is 0.929. The van der Waals surface area contributed by atoms with Crippen molar-refractivity contribution >= 4 is 5.97 Å². The van der Waals surface area contributed by atoms with Gasteiger partial charge in [-0.1, -0.05) is 20.3 Å². The Morgan fingerprint density at radius 3 is 2.39 bits per heavy atom. The molecule has 0 fully saturated rings. The molecular weight excluding hydrogens is 232 g/mol. The lowest BCUT2D eigenvalue weighted by molar-refractivity contribution is -0.152. The van der Waals surface area contributed by atoms with Gasteiger partial charge < -0.3 is 14.2 Å². The molecule has 4 heteroatoms. The van der Waals surface area contributed by atoms with Gasteiger partial charge in [-0.25, -0.2) is 0 Å². The number of carbonyl (C=O) groups is 1. The second-order valence-electron chi connectivity index (χ2n) is 4.62. The molecule has 0 saturated carbocycles. The molecule has 0 radical (unpaired) electrons. The Hall–Kier alpha value is -0.610. The third-order valence-corrected chi connectivity index (χ3v) is 2.40. The van der Waals surface area contributed by atoms with E-state index in [0.29, 0.717) is 19.6 Å². The van der Waals surface area contributed by atoms with Crippen LogP contribution in [0.5, 0.6) is 0 Å². The third kappa shape index (κ3) is 10.5. The molecule has 108 valence electrons. The maximum atomic E-state index is 11.2. The molecule has 0 amide bonds. The van der Waals surface area contributed by atoms with Gasteiger partial charge in [0.25, 0.3) is 0 Å². The van der Waals surface area contributed by atoms with Crippen molar-refractivity contribution in [2.75, 3.05) is 19.8 Å². The summed E-state index contributed by atoms with van der Waals surface area (Å²) in [7, 11) is 0. The second kappa shape index (κ2) is 11.5. The summed E-state index contributed by atoms with van der Waals surface area (Å²) in [5, 5.41) is 0. The van der Waals surface area contributed by atoms with E-state index in [-0.39, 0.29) is 18.2 Å². The first-order valence-corrected chi connectivity index (χ1v) is 6.98. The summed E-state index contributed by atoms with van der Waals surface area (Å²) in [6, 6.07) is 0. The van der Waals surface area contributed by atoms with Crippen LogP contribution in [0.4, 0.5) is 0 Å². The minimum absolute atomic E-state index is 0.0363. The molecule has 0 rings (SSSR count). The van der Waals surface area contributed by atoms with Crippen molar-refractivity contribution in [2.24, 2.45) is 0 Å². The van der Waals surface area contributed by atoms with Gasteiger partial charge in [-0.2, -0.15) is 0 Å². The maximum Gasteiger partial charge on any atom is 0.306 e. The molecule has 0 saturated heterocycles. The summed E-state index contributed by atoms with van der Waals surface area (Å²) < 4.78 is 16.2. The van der Waals surface area contributed by atoms with Crippen LogP contribution in [0.1, 0.15) is 53.4 Å². The van der Waals surface area contributed by atoms with E-state index in [0.717, 1.165) is 25.9 Å². The topological polar surface area (TPSA) is 44.8 Å². The number of rotatable bonds is 11. The molecule has 0 heterocycles. The number of ether oxygens (including phenoxy) is 3. The van der Waals surface area contributed by atoms with E-state index in [9.17, 15) is 4.79 Å². The lowest BCUT2D eigenvalue weighted by Crippen LogP contribution is -2.25. The quantitative estimate of drug-likeness (QED) is 0.423. The first kappa shape index (κ1) is 17.4. The lowest BCUT2D eigenvalue weighted by Gasteiger charge is -2.17. The summed E-state index contributed by atoms with van der Waals surface area (Å²) in [5.41, 5.74) is 0. The van der Waals surface area contributed by atoms with Gasteiger partial charge in [-0.05, 0) is 26.7 Å². The van der Waals surface area contributed by atoms with E-state index < -0.39 is 0 Å². The predicted molar refractivity (Wildman–Crippen MR) is 71.6 cm³/mol. The van der Waals surface area contributed by atoms with E-state index in [1.165, 1.54) is 0 Å². The van der Waals surface area contributed by atoms with Crippen molar-refractivity contribution < 1.29 is 19.0 Å². The smallest absolute Gasteiger partial charge is 0.306 e. The molecule has 0 spiro atoms.